The first-order chi connectivity index (χ1) is 9.77. The molecule has 0 radical (unpaired) electrons. The Morgan fingerprint density at radius 3 is 1.86 bits per heavy atom. The molecule has 0 heterocycles. The lowest BCUT2D eigenvalue weighted by atomic mass is 10.1. The molecule has 21 heavy (non-hydrogen) atoms. The van der Waals surface area contributed by atoms with E-state index in [0.717, 1.165) is 17.9 Å². The predicted molar refractivity (Wildman–Crippen MR) is 83.0 cm³/mol. The highest BCUT2D eigenvalue weighted by molar-refractivity contribution is 5.97. The van der Waals surface area contributed by atoms with E-state index in [0.29, 0.717) is 12.5 Å². The Hall–Kier alpha value is -1.43. The van der Waals surface area contributed by atoms with Crippen molar-refractivity contribution in [2.75, 3.05) is 6.54 Å². The minimum atomic E-state index is -1.14. The lowest BCUT2D eigenvalue weighted by molar-refractivity contribution is -0.156. The summed E-state index contributed by atoms with van der Waals surface area (Å²) in [4.78, 5) is 34.7. The Labute approximate surface area is 127 Å². The molecule has 2 N–H and O–H groups in total. The van der Waals surface area contributed by atoms with Crippen LogP contribution in [0.4, 0.5) is 0 Å². The third-order valence-electron chi connectivity index (χ3n) is 2.73. The lowest BCUT2D eigenvalue weighted by Gasteiger charge is -2.24. The fraction of sp³-hybridized carbons (Fsp3) is 0.800. The third-order valence-corrected chi connectivity index (χ3v) is 2.73. The van der Waals surface area contributed by atoms with Crippen molar-refractivity contribution in [1.82, 2.24) is 10.2 Å². The van der Waals surface area contributed by atoms with Crippen LogP contribution in [0.3, 0.4) is 0 Å². The number of hydrogen-bond acceptors (Lipinski definition) is 4. The van der Waals surface area contributed by atoms with E-state index in [1.807, 2.05) is 27.7 Å². The number of carbonyl (C=O) groups excluding carboxylic acids is 2. The molecule has 1 unspecified atom stereocenters. The zero-order valence-electron chi connectivity index (χ0n) is 14.1. The quantitative estimate of drug-likeness (QED) is 0.670. The summed E-state index contributed by atoms with van der Waals surface area (Å²) < 4.78 is 0. The van der Waals surface area contributed by atoms with Gasteiger partial charge in [-0.1, -0.05) is 27.7 Å². The second-order valence-corrected chi connectivity index (χ2v) is 4.87. The number of carbonyl (C=O) groups is 3. The maximum absolute atomic E-state index is 11.3. The summed E-state index contributed by atoms with van der Waals surface area (Å²) in [5.41, 5.74) is 0. The van der Waals surface area contributed by atoms with Crippen molar-refractivity contribution in [2.24, 2.45) is 0 Å². The van der Waals surface area contributed by atoms with Crippen LogP contribution in [0, 0.1) is 0 Å². The van der Waals surface area contributed by atoms with Crippen molar-refractivity contribution in [3.63, 3.8) is 0 Å². The number of nitrogens with zero attached hydrogens (tertiary/aromatic N) is 1. The van der Waals surface area contributed by atoms with E-state index in [1.54, 1.807) is 0 Å². The summed E-state index contributed by atoms with van der Waals surface area (Å²) in [5.74, 6) is -2.19. The van der Waals surface area contributed by atoms with Crippen LogP contribution in [0.1, 0.15) is 60.8 Å². The topological polar surface area (TPSA) is 86.7 Å². The van der Waals surface area contributed by atoms with Gasteiger partial charge < -0.3 is 10.4 Å². The van der Waals surface area contributed by atoms with Gasteiger partial charge in [-0.25, -0.2) is 4.79 Å². The molecule has 124 valence electrons. The van der Waals surface area contributed by atoms with Crippen LogP contribution in [0.2, 0.25) is 0 Å². The predicted octanol–water partition coefficient (Wildman–Crippen LogP) is 2.03. The number of hydrogen-bond donors (Lipinski definition) is 2. The first kappa shape index (κ1) is 21.9. The SMILES string of the molecule is CC.CC(=O)N(C(C)=O)C(CCCCNC(C)C)C(=O)O. The Morgan fingerprint density at radius 1 is 1.05 bits per heavy atom. The lowest BCUT2D eigenvalue weighted by Crippen LogP contribution is -2.46. The third kappa shape index (κ3) is 10.0. The van der Waals surface area contributed by atoms with Crippen molar-refractivity contribution in [3.05, 3.63) is 0 Å². The summed E-state index contributed by atoms with van der Waals surface area (Å²) in [6.07, 6.45) is 1.74. The van der Waals surface area contributed by atoms with E-state index < -0.39 is 23.8 Å². The van der Waals surface area contributed by atoms with Gasteiger partial charge in [-0.2, -0.15) is 0 Å². The molecule has 0 aromatic carbocycles. The maximum Gasteiger partial charge on any atom is 0.326 e. The van der Waals surface area contributed by atoms with Crippen molar-refractivity contribution in [2.45, 2.75) is 72.9 Å². The molecule has 2 amide bonds. The standard InChI is InChI=1S/C13H24N2O4.C2H6/c1-9(2)14-8-6-5-7-12(13(18)19)15(10(3)16)11(4)17;1-2/h9,12,14H,5-8H2,1-4H3,(H,18,19);1-2H3. The number of carboxylic acids is 1. The van der Waals surface area contributed by atoms with Crippen LogP contribution in [0.5, 0.6) is 0 Å². The molecule has 0 bridgehead atoms. The van der Waals surface area contributed by atoms with E-state index in [-0.39, 0.29) is 6.42 Å². The van der Waals surface area contributed by atoms with Crippen LogP contribution in [0.25, 0.3) is 0 Å². The molecule has 0 aliphatic carbocycles. The van der Waals surface area contributed by atoms with Crippen LogP contribution >= 0.6 is 0 Å². The van der Waals surface area contributed by atoms with Crippen LogP contribution < -0.4 is 5.32 Å². The number of aliphatic carboxylic acids is 1. The molecule has 0 aromatic rings. The van der Waals surface area contributed by atoms with Gasteiger partial charge in [-0.05, 0) is 25.8 Å². The number of carboxylic acid groups (broad SMARTS) is 1. The minimum absolute atomic E-state index is 0.286. The Bertz CT molecular complexity index is 316. The fourth-order valence-electron chi connectivity index (χ4n) is 1.88. The molecular formula is C15H30N2O4. The second-order valence-electron chi connectivity index (χ2n) is 4.87. The Balaban J connectivity index is 0. The van der Waals surface area contributed by atoms with Crippen molar-refractivity contribution >= 4 is 17.8 Å². The average Bonchev–Trinajstić information content (AvgIpc) is 2.37. The van der Waals surface area contributed by atoms with Gasteiger partial charge in [0.1, 0.15) is 6.04 Å². The van der Waals surface area contributed by atoms with Gasteiger partial charge in [0, 0.05) is 19.9 Å². The van der Waals surface area contributed by atoms with Crippen LogP contribution in [-0.2, 0) is 14.4 Å². The second kappa shape index (κ2) is 12.3. The molecule has 0 rings (SSSR count). The number of imide groups is 1. The van der Waals surface area contributed by atoms with Crippen LogP contribution in [-0.4, -0.2) is 46.4 Å². The zero-order valence-corrected chi connectivity index (χ0v) is 14.1. The fourth-order valence-corrected chi connectivity index (χ4v) is 1.88. The van der Waals surface area contributed by atoms with Gasteiger partial charge in [0.15, 0.2) is 0 Å². The Morgan fingerprint density at radius 2 is 1.52 bits per heavy atom. The summed E-state index contributed by atoms with van der Waals surface area (Å²) in [6.45, 7) is 11.3. The molecule has 0 aromatic heterocycles. The van der Waals surface area contributed by atoms with Gasteiger partial charge in [-0.15, -0.1) is 0 Å². The van der Waals surface area contributed by atoms with Gasteiger partial charge >= 0.3 is 5.97 Å². The molecule has 6 nitrogen and oxygen atoms in total. The van der Waals surface area contributed by atoms with E-state index >= 15 is 0 Å². The molecule has 1 atom stereocenters. The first-order valence-electron chi connectivity index (χ1n) is 7.54. The molecule has 6 heteroatoms. The molecule has 0 aliphatic heterocycles. The van der Waals surface area contributed by atoms with E-state index in [4.69, 9.17) is 5.11 Å². The average molecular weight is 302 g/mol. The number of unbranched alkanes of at least 4 members (excludes halogenated alkanes) is 1. The molecule has 0 saturated carbocycles. The maximum atomic E-state index is 11.3. The highest BCUT2D eigenvalue weighted by Gasteiger charge is 2.30. The van der Waals surface area contributed by atoms with Gasteiger partial charge in [0.25, 0.3) is 0 Å². The highest BCUT2D eigenvalue weighted by atomic mass is 16.4. The monoisotopic (exact) mass is 302 g/mol. The number of nitrogens with one attached hydrogen (secondary N) is 1. The molecule has 0 saturated heterocycles. The number of amides is 2. The zero-order chi connectivity index (χ0) is 17.0. The van der Waals surface area contributed by atoms with Gasteiger partial charge in [0.05, 0.1) is 0 Å². The van der Waals surface area contributed by atoms with E-state index in [1.165, 1.54) is 13.8 Å². The van der Waals surface area contributed by atoms with Crippen LogP contribution in [0.15, 0.2) is 0 Å². The smallest absolute Gasteiger partial charge is 0.326 e. The summed E-state index contributed by atoms with van der Waals surface area (Å²) in [7, 11) is 0. The normalized spacial score (nSPS) is 11.4. The molecule has 0 aliphatic rings. The number of rotatable bonds is 8. The first-order valence-corrected chi connectivity index (χ1v) is 7.54. The summed E-state index contributed by atoms with van der Waals surface area (Å²) in [6, 6.07) is -0.671. The molecular weight excluding hydrogens is 272 g/mol. The molecule has 0 fully saturated rings. The van der Waals surface area contributed by atoms with E-state index in [9.17, 15) is 14.4 Å². The summed E-state index contributed by atoms with van der Waals surface area (Å²) >= 11 is 0. The minimum Gasteiger partial charge on any atom is -0.480 e. The van der Waals surface area contributed by atoms with Gasteiger partial charge in [0.2, 0.25) is 11.8 Å². The van der Waals surface area contributed by atoms with Crippen molar-refractivity contribution in [1.29, 1.82) is 0 Å². The Kier molecular flexibility index (Phi) is 12.8. The van der Waals surface area contributed by atoms with E-state index in [2.05, 4.69) is 5.32 Å². The van der Waals surface area contributed by atoms with Crippen molar-refractivity contribution < 1.29 is 19.5 Å². The largest absolute Gasteiger partial charge is 0.480 e. The van der Waals surface area contributed by atoms with Crippen molar-refractivity contribution in [3.8, 4) is 0 Å². The van der Waals surface area contributed by atoms with Gasteiger partial charge in [-0.3, -0.25) is 14.5 Å². The summed E-state index contributed by atoms with van der Waals surface area (Å²) in [5, 5.41) is 12.4. The highest BCUT2D eigenvalue weighted by Crippen LogP contribution is 2.10. The molecule has 0 spiro atoms.